The monoisotopic (exact) mass is 204 g/mol. The first kappa shape index (κ1) is 13.6. The summed E-state index contributed by atoms with van der Waals surface area (Å²) in [5.41, 5.74) is 0. The quantitative estimate of drug-likeness (QED) is 0.327. The molecule has 1 unspecified atom stereocenters. The van der Waals surface area contributed by atoms with Crippen LogP contribution >= 0.6 is 0 Å². The van der Waals surface area contributed by atoms with Crippen molar-refractivity contribution >= 4 is 0 Å². The summed E-state index contributed by atoms with van der Waals surface area (Å²) >= 11 is 0. The second-order valence-corrected chi connectivity index (χ2v) is 2.83. The molecule has 4 nitrogen and oxygen atoms in total. The molecular formula is C10H20O4. The maximum atomic E-state index is 8.61. The van der Waals surface area contributed by atoms with Crippen LogP contribution in [0.1, 0.15) is 12.8 Å². The SMILES string of the molecule is C=CC(CCCO)OCOCCOC. The summed E-state index contributed by atoms with van der Waals surface area (Å²) in [7, 11) is 1.62. The third kappa shape index (κ3) is 8.19. The predicted octanol–water partition coefficient (Wildman–Crippen LogP) is 0.951. The average Bonchev–Trinajstić information content (AvgIpc) is 2.22. The summed E-state index contributed by atoms with van der Waals surface area (Å²) in [5.74, 6) is 0. The van der Waals surface area contributed by atoms with Crippen molar-refractivity contribution < 1.29 is 19.3 Å². The van der Waals surface area contributed by atoms with Crippen LogP contribution in [0.4, 0.5) is 0 Å². The molecule has 0 spiro atoms. The molecule has 4 heteroatoms. The zero-order chi connectivity index (χ0) is 10.6. The number of ether oxygens (including phenoxy) is 3. The number of aliphatic hydroxyl groups is 1. The minimum atomic E-state index is -0.0373. The molecule has 1 atom stereocenters. The summed E-state index contributed by atoms with van der Waals surface area (Å²) in [6.07, 6.45) is 3.17. The maximum absolute atomic E-state index is 8.61. The molecule has 0 aromatic carbocycles. The Labute approximate surface area is 85.5 Å². The van der Waals surface area contributed by atoms with Gasteiger partial charge >= 0.3 is 0 Å². The van der Waals surface area contributed by atoms with Gasteiger partial charge in [-0.3, -0.25) is 0 Å². The van der Waals surface area contributed by atoms with Crippen molar-refractivity contribution in [3.05, 3.63) is 12.7 Å². The van der Waals surface area contributed by atoms with Gasteiger partial charge in [0.15, 0.2) is 0 Å². The fourth-order valence-corrected chi connectivity index (χ4v) is 0.898. The lowest BCUT2D eigenvalue weighted by Crippen LogP contribution is -2.14. The van der Waals surface area contributed by atoms with Gasteiger partial charge in [0.25, 0.3) is 0 Å². The van der Waals surface area contributed by atoms with Gasteiger partial charge in [-0.2, -0.15) is 0 Å². The standard InChI is InChI=1S/C10H20O4/c1-3-10(5-4-6-11)14-9-13-8-7-12-2/h3,10-11H,1,4-9H2,2H3. The molecule has 0 rings (SSSR count). The van der Waals surface area contributed by atoms with E-state index >= 15 is 0 Å². The van der Waals surface area contributed by atoms with Gasteiger partial charge < -0.3 is 19.3 Å². The third-order valence-corrected chi connectivity index (χ3v) is 1.71. The Hall–Kier alpha value is -0.420. The summed E-state index contributed by atoms with van der Waals surface area (Å²) in [6, 6.07) is 0. The molecule has 0 amide bonds. The van der Waals surface area contributed by atoms with E-state index in [4.69, 9.17) is 19.3 Å². The van der Waals surface area contributed by atoms with E-state index in [0.29, 0.717) is 13.2 Å². The molecule has 0 aromatic heterocycles. The highest BCUT2D eigenvalue weighted by atomic mass is 16.7. The van der Waals surface area contributed by atoms with Crippen molar-refractivity contribution in [3.8, 4) is 0 Å². The van der Waals surface area contributed by atoms with E-state index in [9.17, 15) is 0 Å². The lowest BCUT2D eigenvalue weighted by atomic mass is 10.2. The number of methoxy groups -OCH3 is 1. The third-order valence-electron chi connectivity index (χ3n) is 1.71. The Kier molecular flexibility index (Phi) is 10.3. The number of hydrogen-bond acceptors (Lipinski definition) is 4. The fraction of sp³-hybridized carbons (Fsp3) is 0.800. The minimum Gasteiger partial charge on any atom is -0.396 e. The highest BCUT2D eigenvalue weighted by molar-refractivity contribution is 4.79. The molecule has 0 radical (unpaired) electrons. The van der Waals surface area contributed by atoms with Crippen molar-refractivity contribution in [1.29, 1.82) is 0 Å². The Morgan fingerprint density at radius 2 is 2.21 bits per heavy atom. The fourth-order valence-electron chi connectivity index (χ4n) is 0.898. The van der Waals surface area contributed by atoms with E-state index in [1.54, 1.807) is 13.2 Å². The van der Waals surface area contributed by atoms with Gasteiger partial charge in [-0.05, 0) is 12.8 Å². The molecule has 0 heterocycles. The molecule has 0 saturated heterocycles. The Balaban J connectivity index is 3.28. The molecule has 14 heavy (non-hydrogen) atoms. The van der Waals surface area contributed by atoms with E-state index in [-0.39, 0.29) is 19.5 Å². The number of hydrogen-bond donors (Lipinski definition) is 1. The van der Waals surface area contributed by atoms with Crippen molar-refractivity contribution in [2.45, 2.75) is 18.9 Å². The van der Waals surface area contributed by atoms with Gasteiger partial charge in [-0.15, -0.1) is 6.58 Å². The first-order chi connectivity index (χ1) is 6.85. The van der Waals surface area contributed by atoms with Gasteiger partial charge in [-0.25, -0.2) is 0 Å². The van der Waals surface area contributed by atoms with E-state index in [2.05, 4.69) is 6.58 Å². The second-order valence-electron chi connectivity index (χ2n) is 2.83. The molecule has 0 aliphatic carbocycles. The van der Waals surface area contributed by atoms with Crippen LogP contribution in [-0.4, -0.2) is 44.9 Å². The molecule has 0 aliphatic heterocycles. The molecule has 1 N–H and O–H groups in total. The van der Waals surface area contributed by atoms with E-state index in [1.807, 2.05) is 0 Å². The molecule has 0 saturated carbocycles. The average molecular weight is 204 g/mol. The van der Waals surface area contributed by atoms with Crippen LogP contribution in [0.3, 0.4) is 0 Å². The summed E-state index contributed by atoms with van der Waals surface area (Å²) < 4.78 is 15.3. The maximum Gasteiger partial charge on any atom is 0.147 e. The Morgan fingerprint density at radius 1 is 1.43 bits per heavy atom. The van der Waals surface area contributed by atoms with Crippen LogP contribution in [0.2, 0.25) is 0 Å². The van der Waals surface area contributed by atoms with Gasteiger partial charge in [0.2, 0.25) is 0 Å². The van der Waals surface area contributed by atoms with E-state index in [1.165, 1.54) is 0 Å². The number of rotatable bonds is 10. The Morgan fingerprint density at radius 3 is 2.79 bits per heavy atom. The lowest BCUT2D eigenvalue weighted by molar-refractivity contribution is -0.0870. The first-order valence-corrected chi connectivity index (χ1v) is 4.76. The predicted molar refractivity (Wildman–Crippen MR) is 54.1 cm³/mol. The minimum absolute atomic E-state index is 0.0373. The van der Waals surface area contributed by atoms with Crippen molar-refractivity contribution in [2.24, 2.45) is 0 Å². The van der Waals surface area contributed by atoms with Crippen LogP contribution < -0.4 is 0 Å². The Bertz CT molecular complexity index is 127. The highest BCUT2D eigenvalue weighted by Crippen LogP contribution is 2.02. The van der Waals surface area contributed by atoms with Gasteiger partial charge in [0, 0.05) is 13.7 Å². The van der Waals surface area contributed by atoms with Crippen molar-refractivity contribution in [3.63, 3.8) is 0 Å². The largest absolute Gasteiger partial charge is 0.396 e. The van der Waals surface area contributed by atoms with Crippen LogP contribution in [-0.2, 0) is 14.2 Å². The molecular weight excluding hydrogens is 184 g/mol. The van der Waals surface area contributed by atoms with Gasteiger partial charge in [-0.1, -0.05) is 6.08 Å². The van der Waals surface area contributed by atoms with Crippen molar-refractivity contribution in [1.82, 2.24) is 0 Å². The molecule has 0 bridgehead atoms. The van der Waals surface area contributed by atoms with E-state index < -0.39 is 0 Å². The van der Waals surface area contributed by atoms with Crippen molar-refractivity contribution in [2.75, 3.05) is 33.7 Å². The van der Waals surface area contributed by atoms with Crippen LogP contribution in [0.5, 0.6) is 0 Å². The first-order valence-electron chi connectivity index (χ1n) is 4.76. The zero-order valence-corrected chi connectivity index (χ0v) is 8.78. The normalized spacial score (nSPS) is 12.7. The second kappa shape index (κ2) is 10.7. The molecule has 0 aromatic rings. The lowest BCUT2D eigenvalue weighted by Gasteiger charge is -2.13. The van der Waals surface area contributed by atoms with E-state index in [0.717, 1.165) is 12.8 Å². The summed E-state index contributed by atoms with van der Waals surface area (Å²) in [6.45, 7) is 5.16. The summed E-state index contributed by atoms with van der Waals surface area (Å²) in [4.78, 5) is 0. The molecule has 84 valence electrons. The van der Waals surface area contributed by atoms with Gasteiger partial charge in [0.05, 0.1) is 19.3 Å². The molecule has 0 aliphatic rings. The van der Waals surface area contributed by atoms with Crippen LogP contribution in [0.25, 0.3) is 0 Å². The highest BCUT2D eigenvalue weighted by Gasteiger charge is 2.02. The van der Waals surface area contributed by atoms with Crippen LogP contribution in [0.15, 0.2) is 12.7 Å². The zero-order valence-electron chi connectivity index (χ0n) is 8.78. The topological polar surface area (TPSA) is 47.9 Å². The molecule has 0 fully saturated rings. The summed E-state index contributed by atoms with van der Waals surface area (Å²) in [5, 5.41) is 8.61. The van der Waals surface area contributed by atoms with Crippen LogP contribution in [0, 0.1) is 0 Å². The smallest absolute Gasteiger partial charge is 0.147 e. The number of aliphatic hydroxyl groups excluding tert-OH is 1. The van der Waals surface area contributed by atoms with Gasteiger partial charge in [0.1, 0.15) is 6.79 Å².